The van der Waals surface area contributed by atoms with Crippen LogP contribution < -0.4 is 4.74 Å². The quantitative estimate of drug-likeness (QED) is 0.641. The summed E-state index contributed by atoms with van der Waals surface area (Å²) in [6, 6.07) is 8.54. The van der Waals surface area contributed by atoms with Gasteiger partial charge in [-0.25, -0.2) is 0 Å². The van der Waals surface area contributed by atoms with E-state index in [2.05, 4.69) is 34.1 Å². The van der Waals surface area contributed by atoms with E-state index < -0.39 is 0 Å². The molecule has 0 N–H and O–H groups in total. The van der Waals surface area contributed by atoms with Gasteiger partial charge in [-0.15, -0.1) is 0 Å². The Morgan fingerprint density at radius 2 is 1.95 bits per heavy atom. The highest BCUT2D eigenvalue weighted by Crippen LogP contribution is 2.45. The first kappa shape index (κ1) is 15.4. The second-order valence-electron chi connectivity index (χ2n) is 6.95. The first-order valence-electron chi connectivity index (χ1n) is 8.53. The molecule has 4 unspecified atom stereocenters. The minimum Gasteiger partial charge on any atom is -0.497 e. The molecule has 0 radical (unpaired) electrons. The summed E-state index contributed by atoms with van der Waals surface area (Å²) in [5.41, 5.74) is 1.39. The lowest BCUT2D eigenvalue weighted by atomic mass is 9.66. The van der Waals surface area contributed by atoms with E-state index in [1.807, 2.05) is 6.07 Å². The van der Waals surface area contributed by atoms with Crippen molar-refractivity contribution >= 4 is 15.9 Å². The summed E-state index contributed by atoms with van der Waals surface area (Å²) in [5.74, 6) is 3.90. The van der Waals surface area contributed by atoms with E-state index in [-0.39, 0.29) is 0 Å². The van der Waals surface area contributed by atoms with Crippen molar-refractivity contribution in [2.75, 3.05) is 7.11 Å². The molecule has 0 bridgehead atoms. The number of fused-ring (bicyclic) bond motifs is 1. The topological polar surface area (TPSA) is 9.23 Å². The number of halogens is 1. The summed E-state index contributed by atoms with van der Waals surface area (Å²) in [6.07, 6.45) is 11.4. The van der Waals surface area contributed by atoms with E-state index in [4.69, 9.17) is 4.74 Å². The number of rotatable bonds is 4. The molecule has 2 aliphatic carbocycles. The minimum atomic E-state index is 0.618. The summed E-state index contributed by atoms with van der Waals surface area (Å²) in [5, 5.41) is 0. The lowest BCUT2D eigenvalue weighted by molar-refractivity contribution is 0.129. The average Bonchev–Trinajstić information content (AvgIpc) is 2.54. The molecule has 0 aromatic heterocycles. The van der Waals surface area contributed by atoms with Crippen molar-refractivity contribution in [1.82, 2.24) is 0 Å². The van der Waals surface area contributed by atoms with Crippen molar-refractivity contribution in [2.45, 2.75) is 56.2 Å². The normalized spacial score (nSPS) is 30.5. The van der Waals surface area contributed by atoms with Gasteiger partial charge in [-0.05, 0) is 61.1 Å². The number of benzene rings is 1. The van der Waals surface area contributed by atoms with Crippen LogP contribution in [-0.4, -0.2) is 11.9 Å². The Morgan fingerprint density at radius 3 is 2.76 bits per heavy atom. The van der Waals surface area contributed by atoms with Gasteiger partial charge in [0.15, 0.2) is 0 Å². The fourth-order valence-electron chi connectivity index (χ4n) is 4.43. The SMILES string of the molecule is COc1cccc(CC(Br)C2CCC3CCCCC3C2)c1. The van der Waals surface area contributed by atoms with Gasteiger partial charge in [-0.2, -0.15) is 0 Å². The highest BCUT2D eigenvalue weighted by Gasteiger charge is 2.34. The summed E-state index contributed by atoms with van der Waals surface area (Å²) in [4.78, 5) is 0.618. The van der Waals surface area contributed by atoms with Crippen LogP contribution in [0.1, 0.15) is 50.5 Å². The predicted octanol–water partition coefficient (Wildman–Crippen LogP) is 5.61. The molecule has 1 aromatic rings. The van der Waals surface area contributed by atoms with Crippen molar-refractivity contribution in [3.05, 3.63) is 29.8 Å². The Labute approximate surface area is 137 Å². The van der Waals surface area contributed by atoms with Crippen molar-refractivity contribution < 1.29 is 4.74 Å². The van der Waals surface area contributed by atoms with Gasteiger partial charge < -0.3 is 4.74 Å². The highest BCUT2D eigenvalue weighted by molar-refractivity contribution is 9.09. The van der Waals surface area contributed by atoms with E-state index in [0.29, 0.717) is 4.83 Å². The lowest BCUT2D eigenvalue weighted by Gasteiger charge is -2.41. The van der Waals surface area contributed by atoms with Crippen LogP contribution >= 0.6 is 15.9 Å². The van der Waals surface area contributed by atoms with E-state index in [1.54, 1.807) is 7.11 Å². The molecular formula is C19H27BrO. The fourth-order valence-corrected chi connectivity index (χ4v) is 5.28. The van der Waals surface area contributed by atoms with Crippen LogP contribution in [0.3, 0.4) is 0 Å². The van der Waals surface area contributed by atoms with E-state index in [9.17, 15) is 0 Å². The minimum absolute atomic E-state index is 0.618. The molecule has 2 fully saturated rings. The molecule has 0 amide bonds. The number of methoxy groups -OCH3 is 1. The van der Waals surface area contributed by atoms with Crippen LogP contribution in [0.2, 0.25) is 0 Å². The number of hydrogen-bond acceptors (Lipinski definition) is 1. The van der Waals surface area contributed by atoms with Crippen molar-refractivity contribution in [2.24, 2.45) is 17.8 Å². The summed E-state index contributed by atoms with van der Waals surface area (Å²) in [6.45, 7) is 0. The van der Waals surface area contributed by atoms with Crippen LogP contribution in [0, 0.1) is 17.8 Å². The molecule has 4 atom stereocenters. The molecule has 2 saturated carbocycles. The molecule has 0 spiro atoms. The van der Waals surface area contributed by atoms with Crippen LogP contribution in [0.15, 0.2) is 24.3 Å². The fraction of sp³-hybridized carbons (Fsp3) is 0.684. The summed E-state index contributed by atoms with van der Waals surface area (Å²) < 4.78 is 5.34. The van der Waals surface area contributed by atoms with E-state index in [0.717, 1.165) is 29.9 Å². The van der Waals surface area contributed by atoms with Crippen molar-refractivity contribution in [3.8, 4) is 5.75 Å². The predicted molar refractivity (Wildman–Crippen MR) is 92.2 cm³/mol. The molecule has 2 heteroatoms. The van der Waals surface area contributed by atoms with E-state index in [1.165, 1.54) is 50.5 Å². The third-order valence-electron chi connectivity index (χ3n) is 5.66. The Balaban J connectivity index is 1.58. The van der Waals surface area contributed by atoms with Crippen LogP contribution in [0.5, 0.6) is 5.75 Å². The number of alkyl halides is 1. The van der Waals surface area contributed by atoms with Gasteiger partial charge in [0.2, 0.25) is 0 Å². The smallest absolute Gasteiger partial charge is 0.119 e. The van der Waals surface area contributed by atoms with Gasteiger partial charge in [0.1, 0.15) is 5.75 Å². The molecular weight excluding hydrogens is 324 g/mol. The first-order valence-corrected chi connectivity index (χ1v) is 9.45. The van der Waals surface area contributed by atoms with E-state index >= 15 is 0 Å². The van der Waals surface area contributed by atoms with Gasteiger partial charge in [0.25, 0.3) is 0 Å². The standard InChI is InChI=1S/C19H27BrO/c1-21-18-8-4-5-14(11-18)12-19(20)17-10-9-15-6-2-3-7-16(15)13-17/h4-5,8,11,15-17,19H,2-3,6-7,9-10,12-13H2,1H3. The van der Waals surface area contributed by atoms with Gasteiger partial charge in [0, 0.05) is 4.83 Å². The zero-order chi connectivity index (χ0) is 14.7. The third kappa shape index (κ3) is 3.83. The number of hydrogen-bond donors (Lipinski definition) is 0. The molecule has 3 rings (SSSR count). The monoisotopic (exact) mass is 350 g/mol. The second-order valence-corrected chi connectivity index (χ2v) is 8.13. The maximum atomic E-state index is 5.34. The molecule has 2 aliphatic rings. The zero-order valence-corrected chi connectivity index (χ0v) is 14.6. The molecule has 1 aromatic carbocycles. The Morgan fingerprint density at radius 1 is 1.14 bits per heavy atom. The molecule has 0 heterocycles. The lowest BCUT2D eigenvalue weighted by Crippen LogP contribution is -2.32. The zero-order valence-electron chi connectivity index (χ0n) is 13.1. The van der Waals surface area contributed by atoms with Crippen LogP contribution in [0.25, 0.3) is 0 Å². The third-order valence-corrected chi connectivity index (χ3v) is 6.73. The number of ether oxygens (including phenoxy) is 1. The average molecular weight is 351 g/mol. The van der Waals surface area contributed by atoms with Crippen molar-refractivity contribution in [1.29, 1.82) is 0 Å². The highest BCUT2D eigenvalue weighted by atomic mass is 79.9. The maximum absolute atomic E-state index is 5.34. The Bertz CT molecular complexity index is 459. The Hall–Kier alpha value is -0.500. The summed E-state index contributed by atoms with van der Waals surface area (Å²) in [7, 11) is 1.75. The van der Waals surface area contributed by atoms with Gasteiger partial charge in [-0.1, -0.05) is 53.7 Å². The first-order chi connectivity index (χ1) is 10.3. The van der Waals surface area contributed by atoms with Gasteiger partial charge >= 0.3 is 0 Å². The molecule has 0 aliphatic heterocycles. The molecule has 21 heavy (non-hydrogen) atoms. The summed E-state index contributed by atoms with van der Waals surface area (Å²) >= 11 is 4.00. The largest absolute Gasteiger partial charge is 0.497 e. The molecule has 1 nitrogen and oxygen atoms in total. The van der Waals surface area contributed by atoms with Crippen LogP contribution in [-0.2, 0) is 6.42 Å². The molecule has 116 valence electrons. The van der Waals surface area contributed by atoms with Gasteiger partial charge in [0.05, 0.1) is 7.11 Å². The second kappa shape index (κ2) is 7.17. The van der Waals surface area contributed by atoms with Crippen LogP contribution in [0.4, 0.5) is 0 Å². The van der Waals surface area contributed by atoms with Gasteiger partial charge in [-0.3, -0.25) is 0 Å². The maximum Gasteiger partial charge on any atom is 0.119 e. The van der Waals surface area contributed by atoms with Crippen molar-refractivity contribution in [3.63, 3.8) is 0 Å². The Kier molecular flexibility index (Phi) is 5.26. The molecule has 0 saturated heterocycles.